The number of halogens is 2. The summed E-state index contributed by atoms with van der Waals surface area (Å²) < 4.78 is 6.73. The first-order chi connectivity index (χ1) is 13.5. The molecule has 0 aliphatic rings. The van der Waals surface area contributed by atoms with Gasteiger partial charge in [-0.2, -0.15) is 0 Å². The van der Waals surface area contributed by atoms with Crippen LogP contribution in [-0.2, 0) is 12.3 Å². The van der Waals surface area contributed by atoms with E-state index < -0.39 is 0 Å². The van der Waals surface area contributed by atoms with Crippen LogP contribution in [0.4, 0.5) is 11.5 Å². The van der Waals surface area contributed by atoms with Gasteiger partial charge in [0.2, 0.25) is 5.82 Å². The number of hydrogen-bond donors (Lipinski definition) is 1. The van der Waals surface area contributed by atoms with Crippen molar-refractivity contribution in [3.8, 4) is 5.75 Å². The van der Waals surface area contributed by atoms with Crippen molar-refractivity contribution >= 4 is 46.5 Å². The van der Waals surface area contributed by atoms with Crippen molar-refractivity contribution < 1.29 is 4.74 Å². The number of methoxy groups -OCH3 is 1. The molecule has 9 heteroatoms. The van der Waals surface area contributed by atoms with Gasteiger partial charge in [-0.15, -0.1) is 10.2 Å². The van der Waals surface area contributed by atoms with E-state index in [1.165, 1.54) is 11.8 Å². The number of ether oxygens (including phenoxy) is 1. The summed E-state index contributed by atoms with van der Waals surface area (Å²) in [5.41, 5.74) is 1.32. The number of aromatic nitrogens is 3. The summed E-state index contributed by atoms with van der Waals surface area (Å²) in [7, 11) is 1.63. The van der Waals surface area contributed by atoms with E-state index in [0.29, 0.717) is 33.2 Å². The van der Waals surface area contributed by atoms with Crippen molar-refractivity contribution in [3.05, 3.63) is 68.4 Å². The topological polar surface area (TPSA) is 69.0 Å². The molecule has 0 fully saturated rings. The average molecular weight is 437 g/mol. The molecule has 3 rings (SSSR count). The predicted octanol–water partition coefficient (Wildman–Crippen LogP) is 5.01. The van der Waals surface area contributed by atoms with Crippen molar-refractivity contribution in [1.82, 2.24) is 14.8 Å². The summed E-state index contributed by atoms with van der Waals surface area (Å²) in [6.07, 6.45) is 0. The molecule has 0 atom stereocenters. The molecule has 0 saturated carbocycles. The maximum atomic E-state index is 12.8. The second kappa shape index (κ2) is 9.32. The first-order valence-electron chi connectivity index (χ1n) is 8.47. The van der Waals surface area contributed by atoms with Gasteiger partial charge in [-0.3, -0.25) is 9.36 Å². The largest absolute Gasteiger partial charge is 0.497 e. The Bertz CT molecular complexity index is 1030. The Morgan fingerprint density at radius 1 is 1.14 bits per heavy atom. The maximum absolute atomic E-state index is 12.8. The van der Waals surface area contributed by atoms with Gasteiger partial charge in [0.15, 0.2) is 5.16 Å². The second-order valence-corrected chi connectivity index (χ2v) is 7.47. The van der Waals surface area contributed by atoms with Crippen LogP contribution in [0.15, 0.2) is 52.4 Å². The molecule has 0 radical (unpaired) electrons. The zero-order valence-corrected chi connectivity index (χ0v) is 17.6. The Kier molecular flexibility index (Phi) is 6.83. The van der Waals surface area contributed by atoms with E-state index in [0.717, 1.165) is 11.3 Å². The van der Waals surface area contributed by atoms with E-state index in [2.05, 4.69) is 15.5 Å². The Balaban J connectivity index is 1.81. The van der Waals surface area contributed by atoms with Crippen LogP contribution in [0.1, 0.15) is 12.5 Å². The molecule has 146 valence electrons. The predicted molar refractivity (Wildman–Crippen MR) is 114 cm³/mol. The van der Waals surface area contributed by atoms with E-state index in [-0.39, 0.29) is 11.4 Å². The van der Waals surface area contributed by atoms with Crippen LogP contribution in [0.5, 0.6) is 5.75 Å². The number of thioether (sulfide) groups is 1. The lowest BCUT2D eigenvalue weighted by atomic mass is 10.2. The highest BCUT2D eigenvalue weighted by atomic mass is 35.5. The van der Waals surface area contributed by atoms with Gasteiger partial charge in [-0.05, 0) is 36.8 Å². The van der Waals surface area contributed by atoms with Crippen molar-refractivity contribution in [1.29, 1.82) is 0 Å². The van der Waals surface area contributed by atoms with Crippen molar-refractivity contribution in [2.45, 2.75) is 24.4 Å². The smallest absolute Gasteiger partial charge is 0.297 e. The zero-order valence-electron chi connectivity index (χ0n) is 15.3. The quantitative estimate of drug-likeness (QED) is 0.524. The summed E-state index contributed by atoms with van der Waals surface area (Å²) in [5, 5.41) is 12.5. The fraction of sp³-hybridized carbons (Fsp3) is 0.211. The number of anilines is 2. The van der Waals surface area contributed by atoms with Gasteiger partial charge < -0.3 is 10.1 Å². The van der Waals surface area contributed by atoms with Crippen molar-refractivity contribution in [3.63, 3.8) is 0 Å². The van der Waals surface area contributed by atoms with Crippen LogP contribution < -0.4 is 15.6 Å². The summed E-state index contributed by atoms with van der Waals surface area (Å²) in [5.74, 6) is 1.55. The summed E-state index contributed by atoms with van der Waals surface area (Å²) in [4.78, 5) is 12.8. The van der Waals surface area contributed by atoms with Gasteiger partial charge in [0.25, 0.3) is 5.56 Å². The van der Waals surface area contributed by atoms with E-state index in [4.69, 9.17) is 27.9 Å². The van der Waals surface area contributed by atoms with Gasteiger partial charge in [-0.1, -0.05) is 53.2 Å². The Morgan fingerprint density at radius 3 is 2.57 bits per heavy atom. The highest BCUT2D eigenvalue weighted by Gasteiger charge is 2.14. The van der Waals surface area contributed by atoms with Crippen LogP contribution in [0, 0.1) is 0 Å². The van der Waals surface area contributed by atoms with Crippen LogP contribution in [0.25, 0.3) is 0 Å². The van der Waals surface area contributed by atoms with Gasteiger partial charge in [0.05, 0.1) is 22.8 Å². The van der Waals surface area contributed by atoms with Gasteiger partial charge in [-0.25, -0.2) is 0 Å². The molecule has 2 aromatic carbocycles. The monoisotopic (exact) mass is 436 g/mol. The van der Waals surface area contributed by atoms with E-state index in [1.807, 2.05) is 31.2 Å². The van der Waals surface area contributed by atoms with E-state index in [9.17, 15) is 4.79 Å². The van der Waals surface area contributed by atoms with Crippen LogP contribution in [0.3, 0.4) is 0 Å². The minimum Gasteiger partial charge on any atom is -0.497 e. The number of rotatable bonds is 7. The number of benzene rings is 2. The second-order valence-electron chi connectivity index (χ2n) is 5.74. The molecule has 28 heavy (non-hydrogen) atoms. The first-order valence-corrected chi connectivity index (χ1v) is 10.2. The number of nitrogens with one attached hydrogen (secondary N) is 1. The summed E-state index contributed by atoms with van der Waals surface area (Å²) in [6.45, 7) is 2.36. The third kappa shape index (κ3) is 4.60. The molecule has 0 saturated heterocycles. The summed E-state index contributed by atoms with van der Waals surface area (Å²) in [6, 6.07) is 12.9. The average Bonchev–Trinajstić information content (AvgIpc) is 2.71. The van der Waals surface area contributed by atoms with Crippen LogP contribution >= 0.6 is 35.0 Å². The molecule has 0 amide bonds. The Hall–Kier alpha value is -2.22. The number of hydrogen-bond acceptors (Lipinski definition) is 6. The van der Waals surface area contributed by atoms with Crippen LogP contribution in [0.2, 0.25) is 10.0 Å². The standard InChI is InChI=1S/C19H18Cl2N4O2S/c1-3-25-18(26)17(22-15-6-4-5-14(20)16(15)21)23-24-19(25)28-11-12-7-9-13(27-2)10-8-12/h4-10H,3,11H2,1-2H3,(H,22,23). The Labute approximate surface area is 176 Å². The first kappa shape index (κ1) is 20.5. The lowest BCUT2D eigenvalue weighted by Gasteiger charge is -2.12. The molecule has 1 aromatic heterocycles. The fourth-order valence-electron chi connectivity index (χ4n) is 2.47. The minimum atomic E-state index is -0.272. The zero-order chi connectivity index (χ0) is 20.1. The molecule has 0 aliphatic carbocycles. The fourth-order valence-corrected chi connectivity index (χ4v) is 3.77. The third-order valence-electron chi connectivity index (χ3n) is 3.96. The molecular formula is C19H18Cl2N4O2S. The molecule has 0 spiro atoms. The Morgan fingerprint density at radius 2 is 1.89 bits per heavy atom. The molecule has 1 heterocycles. The number of nitrogens with zero attached hydrogens (tertiary/aromatic N) is 3. The normalized spacial score (nSPS) is 10.7. The van der Waals surface area contributed by atoms with Crippen molar-refractivity contribution in [2.75, 3.05) is 12.4 Å². The summed E-state index contributed by atoms with van der Waals surface area (Å²) >= 11 is 13.6. The van der Waals surface area contributed by atoms with Crippen LogP contribution in [-0.4, -0.2) is 21.9 Å². The molecule has 0 bridgehead atoms. The van der Waals surface area contributed by atoms with E-state index in [1.54, 1.807) is 29.9 Å². The lowest BCUT2D eigenvalue weighted by molar-refractivity contribution is 0.414. The molecule has 0 aliphatic heterocycles. The lowest BCUT2D eigenvalue weighted by Crippen LogP contribution is -2.26. The SMILES string of the molecule is CCn1c(SCc2ccc(OC)cc2)nnc(Nc2cccc(Cl)c2Cl)c1=O. The molecule has 6 nitrogen and oxygen atoms in total. The van der Waals surface area contributed by atoms with Gasteiger partial charge >= 0.3 is 0 Å². The van der Waals surface area contributed by atoms with Gasteiger partial charge in [0, 0.05) is 12.3 Å². The van der Waals surface area contributed by atoms with Crippen molar-refractivity contribution in [2.24, 2.45) is 0 Å². The highest BCUT2D eigenvalue weighted by Crippen LogP contribution is 2.30. The highest BCUT2D eigenvalue weighted by molar-refractivity contribution is 7.98. The van der Waals surface area contributed by atoms with Gasteiger partial charge in [0.1, 0.15) is 5.75 Å². The molecule has 1 N–H and O–H groups in total. The minimum absolute atomic E-state index is 0.0971. The molecule has 3 aromatic rings. The third-order valence-corrected chi connectivity index (χ3v) is 5.82. The maximum Gasteiger partial charge on any atom is 0.297 e. The van der Waals surface area contributed by atoms with E-state index >= 15 is 0 Å². The molecular weight excluding hydrogens is 419 g/mol. The molecule has 0 unspecified atom stereocenters.